The van der Waals surface area contributed by atoms with Crippen molar-refractivity contribution in [2.45, 2.75) is 32.1 Å². The molecular weight excluding hydrogens is 218 g/mol. The van der Waals surface area contributed by atoms with Gasteiger partial charge in [0.1, 0.15) is 0 Å². The van der Waals surface area contributed by atoms with Gasteiger partial charge in [-0.05, 0) is 12.8 Å². The number of rotatable bonds is 2. The molecule has 1 aromatic rings. The van der Waals surface area contributed by atoms with E-state index in [1.54, 1.807) is 0 Å². The zero-order chi connectivity index (χ0) is 12.1. The third kappa shape index (κ3) is 3.15. The summed E-state index contributed by atoms with van der Waals surface area (Å²) >= 11 is 0. The molecule has 92 valence electrons. The van der Waals surface area contributed by atoms with Gasteiger partial charge in [-0.1, -0.05) is 19.3 Å². The van der Waals surface area contributed by atoms with Gasteiger partial charge in [-0.2, -0.15) is 0 Å². The molecule has 1 aliphatic rings. The van der Waals surface area contributed by atoms with Gasteiger partial charge in [-0.3, -0.25) is 0 Å². The number of carboxylic acid groups (broad SMARTS) is 1. The lowest BCUT2D eigenvalue weighted by Gasteiger charge is -2.24. The number of carboxylic acids is 1. The van der Waals surface area contributed by atoms with Crippen LogP contribution in [0.1, 0.15) is 42.5 Å². The van der Waals surface area contributed by atoms with E-state index in [1.807, 2.05) is 0 Å². The molecule has 0 spiro atoms. The van der Waals surface area contributed by atoms with Crippen molar-refractivity contribution in [3.05, 3.63) is 18.0 Å². The van der Waals surface area contributed by atoms with E-state index in [2.05, 4.69) is 14.9 Å². The van der Waals surface area contributed by atoms with Gasteiger partial charge in [0.15, 0.2) is 0 Å². The van der Waals surface area contributed by atoms with Gasteiger partial charge in [0.2, 0.25) is 5.95 Å². The minimum Gasteiger partial charge on any atom is -0.478 e. The van der Waals surface area contributed by atoms with E-state index in [1.165, 1.54) is 31.7 Å². The maximum absolute atomic E-state index is 10.7. The molecule has 0 aliphatic carbocycles. The topological polar surface area (TPSA) is 66.3 Å². The van der Waals surface area contributed by atoms with E-state index in [0.29, 0.717) is 5.95 Å². The maximum Gasteiger partial charge on any atom is 0.338 e. The molecule has 1 saturated heterocycles. The fraction of sp³-hybridized carbons (Fsp3) is 0.583. The molecule has 0 unspecified atom stereocenters. The Morgan fingerprint density at radius 1 is 1.06 bits per heavy atom. The number of anilines is 1. The first-order chi connectivity index (χ1) is 8.27. The van der Waals surface area contributed by atoms with Crippen LogP contribution in [0.2, 0.25) is 0 Å². The lowest BCUT2D eigenvalue weighted by molar-refractivity contribution is 0.0696. The zero-order valence-electron chi connectivity index (χ0n) is 9.80. The Morgan fingerprint density at radius 2 is 1.59 bits per heavy atom. The molecule has 1 aromatic heterocycles. The van der Waals surface area contributed by atoms with Crippen LogP contribution in [0.3, 0.4) is 0 Å². The zero-order valence-corrected chi connectivity index (χ0v) is 9.80. The van der Waals surface area contributed by atoms with Crippen molar-refractivity contribution >= 4 is 11.9 Å². The molecule has 2 rings (SSSR count). The Morgan fingerprint density at radius 3 is 2.12 bits per heavy atom. The highest BCUT2D eigenvalue weighted by Gasteiger charge is 2.12. The first kappa shape index (κ1) is 11.8. The first-order valence-corrected chi connectivity index (χ1v) is 6.07. The molecular formula is C12H17N3O2. The quantitative estimate of drug-likeness (QED) is 0.848. The molecule has 5 nitrogen and oxygen atoms in total. The molecule has 1 fully saturated rings. The predicted octanol–water partition coefficient (Wildman–Crippen LogP) is 1.95. The molecule has 5 heteroatoms. The molecule has 1 aliphatic heterocycles. The second-order valence-electron chi connectivity index (χ2n) is 4.33. The molecule has 17 heavy (non-hydrogen) atoms. The van der Waals surface area contributed by atoms with E-state index in [9.17, 15) is 4.79 Å². The van der Waals surface area contributed by atoms with Crippen LogP contribution in [0.25, 0.3) is 0 Å². The van der Waals surface area contributed by atoms with Gasteiger partial charge in [0.05, 0.1) is 5.56 Å². The van der Waals surface area contributed by atoms with E-state index in [-0.39, 0.29) is 5.56 Å². The third-order valence-electron chi connectivity index (χ3n) is 3.02. The van der Waals surface area contributed by atoms with Crippen LogP contribution < -0.4 is 4.90 Å². The first-order valence-electron chi connectivity index (χ1n) is 6.07. The van der Waals surface area contributed by atoms with Crippen LogP contribution in [0.15, 0.2) is 12.4 Å². The molecule has 0 saturated carbocycles. The van der Waals surface area contributed by atoms with Crippen molar-refractivity contribution in [1.29, 1.82) is 0 Å². The van der Waals surface area contributed by atoms with E-state index in [0.717, 1.165) is 25.9 Å². The Kier molecular flexibility index (Phi) is 3.90. The summed E-state index contributed by atoms with van der Waals surface area (Å²) in [6.45, 7) is 1.93. The summed E-state index contributed by atoms with van der Waals surface area (Å²) in [7, 11) is 0. The normalized spacial score (nSPS) is 17.3. The summed E-state index contributed by atoms with van der Waals surface area (Å²) < 4.78 is 0. The number of hydrogen-bond acceptors (Lipinski definition) is 4. The Bertz CT molecular complexity index is 370. The molecule has 0 amide bonds. The number of hydrogen-bond donors (Lipinski definition) is 1. The average Bonchev–Trinajstić information content (AvgIpc) is 2.29. The summed E-state index contributed by atoms with van der Waals surface area (Å²) in [5.41, 5.74) is 0.140. The van der Waals surface area contributed by atoms with Crippen molar-refractivity contribution in [3.63, 3.8) is 0 Å². The summed E-state index contributed by atoms with van der Waals surface area (Å²) in [5, 5.41) is 8.77. The standard InChI is InChI=1S/C12H17N3O2/c16-11(17)10-8-13-12(14-9-10)15-6-4-2-1-3-5-7-15/h8-9H,1-7H2,(H,16,17). The van der Waals surface area contributed by atoms with Gasteiger partial charge in [-0.15, -0.1) is 0 Å². The third-order valence-corrected chi connectivity index (χ3v) is 3.02. The van der Waals surface area contributed by atoms with E-state index < -0.39 is 5.97 Å². The van der Waals surface area contributed by atoms with Crippen LogP contribution >= 0.6 is 0 Å². The summed E-state index contributed by atoms with van der Waals surface area (Å²) in [6.07, 6.45) is 8.89. The highest BCUT2D eigenvalue weighted by atomic mass is 16.4. The van der Waals surface area contributed by atoms with Crippen LogP contribution in [0.4, 0.5) is 5.95 Å². The predicted molar refractivity (Wildman–Crippen MR) is 64.3 cm³/mol. The second-order valence-corrected chi connectivity index (χ2v) is 4.33. The maximum atomic E-state index is 10.7. The van der Waals surface area contributed by atoms with Crippen LogP contribution in [-0.4, -0.2) is 34.1 Å². The Balaban J connectivity index is 2.06. The van der Waals surface area contributed by atoms with E-state index >= 15 is 0 Å². The largest absolute Gasteiger partial charge is 0.478 e. The van der Waals surface area contributed by atoms with Crippen LogP contribution in [-0.2, 0) is 0 Å². The molecule has 0 atom stereocenters. The number of aromatic carboxylic acids is 1. The van der Waals surface area contributed by atoms with Gasteiger partial charge in [0.25, 0.3) is 0 Å². The molecule has 0 bridgehead atoms. The van der Waals surface area contributed by atoms with Crippen LogP contribution in [0.5, 0.6) is 0 Å². The Labute approximate surface area is 100 Å². The minimum absolute atomic E-state index is 0.140. The lowest BCUT2D eigenvalue weighted by Crippen LogP contribution is -2.28. The van der Waals surface area contributed by atoms with Gasteiger partial charge < -0.3 is 10.0 Å². The molecule has 1 N–H and O–H groups in total. The fourth-order valence-electron chi connectivity index (χ4n) is 2.04. The molecule has 2 heterocycles. The van der Waals surface area contributed by atoms with Crippen molar-refractivity contribution in [2.24, 2.45) is 0 Å². The SMILES string of the molecule is O=C(O)c1cnc(N2CCCCCCC2)nc1. The van der Waals surface area contributed by atoms with Crippen molar-refractivity contribution < 1.29 is 9.90 Å². The minimum atomic E-state index is -0.982. The van der Waals surface area contributed by atoms with Crippen LogP contribution in [0, 0.1) is 0 Å². The lowest BCUT2D eigenvalue weighted by atomic mass is 10.1. The smallest absolute Gasteiger partial charge is 0.338 e. The summed E-state index contributed by atoms with van der Waals surface area (Å²) in [4.78, 5) is 21.1. The number of nitrogens with zero attached hydrogens (tertiary/aromatic N) is 3. The monoisotopic (exact) mass is 235 g/mol. The second kappa shape index (κ2) is 5.61. The van der Waals surface area contributed by atoms with Crippen molar-refractivity contribution in [1.82, 2.24) is 9.97 Å². The highest BCUT2D eigenvalue weighted by Crippen LogP contribution is 2.15. The van der Waals surface area contributed by atoms with Gasteiger partial charge >= 0.3 is 5.97 Å². The number of carbonyl (C=O) groups is 1. The number of aromatic nitrogens is 2. The van der Waals surface area contributed by atoms with Crippen molar-refractivity contribution in [2.75, 3.05) is 18.0 Å². The van der Waals surface area contributed by atoms with E-state index in [4.69, 9.17) is 5.11 Å². The molecule has 0 aromatic carbocycles. The van der Waals surface area contributed by atoms with Crippen molar-refractivity contribution in [3.8, 4) is 0 Å². The van der Waals surface area contributed by atoms with Gasteiger partial charge in [-0.25, -0.2) is 14.8 Å². The fourth-order valence-corrected chi connectivity index (χ4v) is 2.04. The highest BCUT2D eigenvalue weighted by molar-refractivity contribution is 5.86. The Hall–Kier alpha value is -1.65. The van der Waals surface area contributed by atoms with Gasteiger partial charge in [0, 0.05) is 25.5 Å². The molecule has 0 radical (unpaired) electrons. The average molecular weight is 235 g/mol. The summed E-state index contributed by atoms with van der Waals surface area (Å²) in [5.74, 6) is -0.332. The summed E-state index contributed by atoms with van der Waals surface area (Å²) in [6, 6.07) is 0.